The van der Waals surface area contributed by atoms with Gasteiger partial charge in [-0.05, 0) is 19.1 Å². The van der Waals surface area contributed by atoms with Gasteiger partial charge in [0.1, 0.15) is 23.1 Å². The summed E-state index contributed by atoms with van der Waals surface area (Å²) in [5.41, 5.74) is 0.400. The first-order valence-corrected chi connectivity index (χ1v) is 7.58. The quantitative estimate of drug-likeness (QED) is 0.868. The highest BCUT2D eigenvalue weighted by atomic mass is 19.1. The van der Waals surface area contributed by atoms with Crippen molar-refractivity contribution in [3.63, 3.8) is 0 Å². The molecule has 1 aliphatic heterocycles. The van der Waals surface area contributed by atoms with Gasteiger partial charge in [0.15, 0.2) is 0 Å². The fourth-order valence-electron chi connectivity index (χ4n) is 2.56. The van der Waals surface area contributed by atoms with Gasteiger partial charge in [-0.25, -0.2) is 13.8 Å². The molecule has 1 aliphatic rings. The van der Waals surface area contributed by atoms with Gasteiger partial charge in [0.25, 0.3) is 0 Å². The minimum atomic E-state index is -0.707. The second kappa shape index (κ2) is 6.77. The van der Waals surface area contributed by atoms with Gasteiger partial charge in [-0.3, -0.25) is 4.79 Å². The average molecular weight is 333 g/mol. The van der Waals surface area contributed by atoms with Crippen molar-refractivity contribution in [2.24, 2.45) is 0 Å². The third kappa shape index (κ3) is 3.42. The predicted octanol–water partition coefficient (Wildman–Crippen LogP) is 2.09. The maximum Gasteiger partial charge on any atom is 0.229 e. The Bertz CT molecular complexity index is 727. The van der Waals surface area contributed by atoms with E-state index in [1.54, 1.807) is 17.9 Å². The van der Waals surface area contributed by atoms with Crippen molar-refractivity contribution in [1.29, 1.82) is 0 Å². The SMILES string of the molecule is Cc1cc(N2CCN(C=O)CC2)nc(Nc2c(F)cccc2F)n1. The molecule has 3 rings (SSSR count). The summed E-state index contributed by atoms with van der Waals surface area (Å²) < 4.78 is 27.5. The highest BCUT2D eigenvalue weighted by molar-refractivity contribution is 5.57. The van der Waals surface area contributed by atoms with E-state index in [0.717, 1.165) is 6.41 Å². The second-order valence-electron chi connectivity index (χ2n) is 5.54. The molecule has 2 heterocycles. The summed E-state index contributed by atoms with van der Waals surface area (Å²) >= 11 is 0. The normalized spacial score (nSPS) is 14.6. The first kappa shape index (κ1) is 16.1. The molecule has 0 unspecified atom stereocenters. The molecule has 1 aromatic carbocycles. The van der Waals surface area contributed by atoms with Crippen LogP contribution in [0.15, 0.2) is 24.3 Å². The molecule has 0 aliphatic carbocycles. The Balaban J connectivity index is 1.83. The second-order valence-corrected chi connectivity index (χ2v) is 5.54. The highest BCUT2D eigenvalue weighted by Crippen LogP contribution is 2.23. The van der Waals surface area contributed by atoms with Crippen molar-refractivity contribution in [2.45, 2.75) is 6.92 Å². The zero-order valence-corrected chi connectivity index (χ0v) is 13.2. The van der Waals surface area contributed by atoms with Crippen LogP contribution < -0.4 is 10.2 Å². The van der Waals surface area contributed by atoms with Crippen LogP contribution in [0.1, 0.15) is 5.69 Å². The Morgan fingerprint density at radius 3 is 2.42 bits per heavy atom. The molecule has 1 aromatic heterocycles. The van der Waals surface area contributed by atoms with E-state index in [0.29, 0.717) is 37.7 Å². The van der Waals surface area contributed by atoms with Gasteiger partial charge < -0.3 is 15.1 Å². The molecule has 8 heteroatoms. The van der Waals surface area contributed by atoms with Crippen LogP contribution in [0.3, 0.4) is 0 Å². The number of halogens is 2. The molecule has 1 fully saturated rings. The number of rotatable bonds is 4. The summed E-state index contributed by atoms with van der Waals surface area (Å²) in [5, 5.41) is 2.62. The number of para-hydroxylation sites is 1. The Morgan fingerprint density at radius 2 is 1.79 bits per heavy atom. The van der Waals surface area contributed by atoms with E-state index in [2.05, 4.69) is 15.3 Å². The largest absolute Gasteiger partial charge is 0.353 e. The molecule has 1 amide bonds. The van der Waals surface area contributed by atoms with Crippen molar-refractivity contribution in [1.82, 2.24) is 14.9 Å². The number of aromatic nitrogens is 2. The summed E-state index contributed by atoms with van der Waals surface area (Å²) in [6.07, 6.45) is 0.830. The van der Waals surface area contributed by atoms with Gasteiger partial charge in [0.05, 0.1) is 0 Å². The fourth-order valence-corrected chi connectivity index (χ4v) is 2.56. The van der Waals surface area contributed by atoms with E-state index in [9.17, 15) is 13.6 Å². The monoisotopic (exact) mass is 333 g/mol. The van der Waals surface area contributed by atoms with Gasteiger partial charge in [-0.2, -0.15) is 4.98 Å². The zero-order chi connectivity index (χ0) is 17.1. The average Bonchev–Trinajstić information content (AvgIpc) is 2.58. The van der Waals surface area contributed by atoms with Gasteiger partial charge in [0, 0.05) is 37.9 Å². The molecule has 0 atom stereocenters. The van der Waals surface area contributed by atoms with Gasteiger partial charge >= 0.3 is 0 Å². The van der Waals surface area contributed by atoms with Crippen LogP contribution in [0, 0.1) is 18.6 Å². The lowest BCUT2D eigenvalue weighted by Crippen LogP contribution is -2.46. The minimum Gasteiger partial charge on any atom is -0.353 e. The number of piperazine rings is 1. The molecule has 0 spiro atoms. The highest BCUT2D eigenvalue weighted by Gasteiger charge is 2.18. The van der Waals surface area contributed by atoms with Crippen molar-refractivity contribution in [2.75, 3.05) is 36.4 Å². The molecule has 0 radical (unpaired) electrons. The summed E-state index contributed by atoms with van der Waals surface area (Å²) in [4.78, 5) is 23.0. The van der Waals surface area contributed by atoms with E-state index in [-0.39, 0.29) is 11.6 Å². The third-order valence-electron chi connectivity index (χ3n) is 3.83. The van der Waals surface area contributed by atoms with Crippen LogP contribution in [0.5, 0.6) is 0 Å². The number of benzene rings is 1. The fraction of sp³-hybridized carbons (Fsp3) is 0.312. The van der Waals surface area contributed by atoms with E-state index >= 15 is 0 Å². The summed E-state index contributed by atoms with van der Waals surface area (Å²) in [6, 6.07) is 5.44. The van der Waals surface area contributed by atoms with Gasteiger partial charge in [-0.1, -0.05) is 6.07 Å². The molecular weight excluding hydrogens is 316 g/mol. The van der Waals surface area contributed by atoms with Crippen molar-refractivity contribution >= 4 is 23.9 Å². The molecule has 126 valence electrons. The maximum absolute atomic E-state index is 13.8. The lowest BCUT2D eigenvalue weighted by atomic mass is 10.3. The first-order valence-electron chi connectivity index (χ1n) is 7.58. The Morgan fingerprint density at radius 1 is 1.12 bits per heavy atom. The van der Waals surface area contributed by atoms with E-state index in [4.69, 9.17) is 0 Å². The predicted molar refractivity (Wildman–Crippen MR) is 86.3 cm³/mol. The summed E-state index contributed by atoms with van der Waals surface area (Å²) in [7, 11) is 0. The number of nitrogens with one attached hydrogen (secondary N) is 1. The van der Waals surface area contributed by atoms with Crippen LogP contribution in [-0.4, -0.2) is 47.5 Å². The molecule has 2 aromatic rings. The molecule has 1 saturated heterocycles. The van der Waals surface area contributed by atoms with E-state index in [1.165, 1.54) is 18.2 Å². The number of carbonyl (C=O) groups excluding carboxylic acids is 1. The number of hydrogen-bond acceptors (Lipinski definition) is 5. The minimum absolute atomic E-state index is 0.131. The number of nitrogens with zero attached hydrogens (tertiary/aromatic N) is 4. The number of aryl methyl sites for hydroxylation is 1. The van der Waals surface area contributed by atoms with Crippen LogP contribution in [0.4, 0.5) is 26.2 Å². The molecule has 24 heavy (non-hydrogen) atoms. The third-order valence-corrected chi connectivity index (χ3v) is 3.83. The number of hydrogen-bond donors (Lipinski definition) is 1. The summed E-state index contributed by atoms with van der Waals surface area (Å²) in [6.45, 7) is 4.29. The zero-order valence-electron chi connectivity index (χ0n) is 13.2. The standard InChI is InChI=1S/C16H17F2N5O/c1-11-9-14(23-7-5-22(10-24)6-8-23)20-16(19-11)21-15-12(17)3-2-4-13(15)18/h2-4,9-10H,5-8H2,1H3,(H,19,20,21). The molecular formula is C16H17F2N5O. The van der Waals surface area contributed by atoms with Crippen molar-refractivity contribution in [3.8, 4) is 0 Å². The lowest BCUT2D eigenvalue weighted by molar-refractivity contribution is -0.118. The van der Waals surface area contributed by atoms with Crippen molar-refractivity contribution in [3.05, 3.63) is 41.6 Å². The molecule has 1 N–H and O–H groups in total. The number of carbonyl (C=O) groups is 1. The van der Waals surface area contributed by atoms with Gasteiger partial charge in [0.2, 0.25) is 12.4 Å². The molecule has 0 saturated carbocycles. The Labute approximate surface area is 138 Å². The van der Waals surface area contributed by atoms with Crippen LogP contribution in [0.25, 0.3) is 0 Å². The van der Waals surface area contributed by atoms with Crippen molar-refractivity contribution < 1.29 is 13.6 Å². The lowest BCUT2D eigenvalue weighted by Gasteiger charge is -2.33. The number of amides is 1. The van der Waals surface area contributed by atoms with E-state index < -0.39 is 11.6 Å². The smallest absolute Gasteiger partial charge is 0.229 e. The molecule has 6 nitrogen and oxygen atoms in total. The maximum atomic E-state index is 13.8. The Hall–Kier alpha value is -2.77. The van der Waals surface area contributed by atoms with E-state index in [1.807, 2.05) is 4.90 Å². The van der Waals surface area contributed by atoms with Crippen LogP contribution in [0.2, 0.25) is 0 Å². The topological polar surface area (TPSA) is 61.4 Å². The Kier molecular flexibility index (Phi) is 4.54. The van der Waals surface area contributed by atoms with Crippen LogP contribution in [-0.2, 0) is 4.79 Å². The van der Waals surface area contributed by atoms with Crippen LogP contribution >= 0.6 is 0 Å². The van der Waals surface area contributed by atoms with Gasteiger partial charge in [-0.15, -0.1) is 0 Å². The number of anilines is 3. The molecule has 0 bridgehead atoms. The summed E-state index contributed by atoms with van der Waals surface area (Å²) in [5.74, 6) is -0.623. The first-order chi connectivity index (χ1) is 11.6.